The van der Waals surface area contributed by atoms with Gasteiger partial charge in [-0.15, -0.1) is 0 Å². The van der Waals surface area contributed by atoms with Crippen LogP contribution >= 0.6 is 0 Å². The van der Waals surface area contributed by atoms with Crippen LogP contribution < -0.4 is 15.4 Å². The van der Waals surface area contributed by atoms with Crippen LogP contribution in [0.25, 0.3) is 0 Å². The van der Waals surface area contributed by atoms with E-state index in [1.54, 1.807) is 0 Å². The van der Waals surface area contributed by atoms with Gasteiger partial charge in [0.2, 0.25) is 5.91 Å². The van der Waals surface area contributed by atoms with Gasteiger partial charge >= 0.3 is 5.69 Å². The summed E-state index contributed by atoms with van der Waals surface area (Å²) >= 11 is 0. The monoisotopic (exact) mass is 365 g/mol. The Morgan fingerprint density at radius 2 is 1.88 bits per heavy atom. The number of methoxy groups -OCH3 is 1. The lowest BCUT2D eigenvalue weighted by Gasteiger charge is -2.08. The molecule has 0 saturated carbocycles. The van der Waals surface area contributed by atoms with Gasteiger partial charge in [0.05, 0.1) is 18.6 Å². The average molecular weight is 365 g/mol. The van der Waals surface area contributed by atoms with Gasteiger partial charge in [-0.05, 0) is 24.3 Å². The Balaban J connectivity index is 1.99. The molecule has 0 spiro atoms. The molecule has 0 unspecified atom stereocenters. The highest BCUT2D eigenvalue weighted by atomic mass is 19.2. The first-order valence-corrected chi connectivity index (χ1v) is 7.17. The molecule has 0 aliphatic rings. The molecule has 136 valence electrons. The first kappa shape index (κ1) is 18.8. The molecule has 0 radical (unpaired) electrons. The van der Waals surface area contributed by atoms with E-state index in [4.69, 9.17) is 4.74 Å². The van der Waals surface area contributed by atoms with Gasteiger partial charge in [-0.25, -0.2) is 8.78 Å². The SMILES string of the molecule is COc1ccc(C(=O)NCC(=O)Nc2ccc(F)c(F)c2)cc1[N+](=O)[O-]. The fourth-order valence-electron chi connectivity index (χ4n) is 2.02. The number of amides is 2. The summed E-state index contributed by atoms with van der Waals surface area (Å²) in [7, 11) is 1.25. The van der Waals surface area contributed by atoms with Gasteiger partial charge in [0.1, 0.15) is 0 Å². The second-order valence-electron chi connectivity index (χ2n) is 5.00. The lowest BCUT2D eigenvalue weighted by Crippen LogP contribution is -2.32. The van der Waals surface area contributed by atoms with Crippen LogP contribution in [-0.2, 0) is 4.79 Å². The molecule has 0 fully saturated rings. The molecule has 0 aliphatic heterocycles. The van der Waals surface area contributed by atoms with Crippen LogP contribution in [-0.4, -0.2) is 30.4 Å². The Hall–Kier alpha value is -3.56. The fourth-order valence-corrected chi connectivity index (χ4v) is 2.02. The van der Waals surface area contributed by atoms with Gasteiger partial charge in [-0.1, -0.05) is 0 Å². The number of hydrogen-bond acceptors (Lipinski definition) is 5. The summed E-state index contributed by atoms with van der Waals surface area (Å²) in [6, 6.07) is 6.37. The molecule has 10 heteroatoms. The van der Waals surface area contributed by atoms with Crippen molar-refractivity contribution in [2.75, 3.05) is 19.0 Å². The zero-order chi connectivity index (χ0) is 19.3. The molecular weight excluding hydrogens is 352 g/mol. The molecule has 26 heavy (non-hydrogen) atoms. The second kappa shape index (κ2) is 8.01. The highest BCUT2D eigenvalue weighted by Gasteiger charge is 2.18. The van der Waals surface area contributed by atoms with Crippen molar-refractivity contribution in [1.82, 2.24) is 5.32 Å². The van der Waals surface area contributed by atoms with Gasteiger partial charge < -0.3 is 15.4 Å². The topological polar surface area (TPSA) is 111 Å². The molecule has 2 N–H and O–H groups in total. The average Bonchev–Trinajstić information content (AvgIpc) is 2.62. The van der Waals surface area contributed by atoms with Crippen molar-refractivity contribution in [3.05, 3.63) is 63.7 Å². The summed E-state index contributed by atoms with van der Waals surface area (Å²) in [5.41, 5.74) is -0.423. The number of carbonyl (C=O) groups is 2. The predicted molar refractivity (Wildman–Crippen MR) is 87.0 cm³/mol. The minimum atomic E-state index is -1.13. The number of anilines is 1. The van der Waals surface area contributed by atoms with Gasteiger partial charge in [0, 0.05) is 23.4 Å². The lowest BCUT2D eigenvalue weighted by atomic mass is 10.1. The normalized spacial score (nSPS) is 10.1. The van der Waals surface area contributed by atoms with Gasteiger partial charge in [0.25, 0.3) is 5.91 Å². The maximum atomic E-state index is 13.1. The first-order chi connectivity index (χ1) is 12.3. The zero-order valence-corrected chi connectivity index (χ0v) is 13.4. The third-order valence-corrected chi connectivity index (χ3v) is 3.25. The molecule has 2 amide bonds. The standard InChI is InChI=1S/C16H13F2N3O5/c1-26-14-5-2-9(6-13(14)21(24)25)16(23)19-8-15(22)20-10-3-4-11(17)12(18)7-10/h2-7H,8H2,1H3,(H,19,23)(H,20,22). The summed E-state index contributed by atoms with van der Waals surface area (Å²) in [4.78, 5) is 34.0. The maximum Gasteiger partial charge on any atom is 0.311 e. The summed E-state index contributed by atoms with van der Waals surface area (Å²) < 4.78 is 30.7. The van der Waals surface area contributed by atoms with Crippen molar-refractivity contribution in [3.8, 4) is 5.75 Å². The van der Waals surface area contributed by atoms with Crippen LogP contribution in [0.2, 0.25) is 0 Å². The molecule has 0 aliphatic carbocycles. The molecule has 0 saturated heterocycles. The Morgan fingerprint density at radius 1 is 1.15 bits per heavy atom. The van der Waals surface area contributed by atoms with Crippen molar-refractivity contribution in [3.63, 3.8) is 0 Å². The molecule has 8 nitrogen and oxygen atoms in total. The van der Waals surface area contributed by atoms with E-state index in [2.05, 4.69) is 10.6 Å². The van der Waals surface area contributed by atoms with Crippen LogP contribution in [0.1, 0.15) is 10.4 Å². The van der Waals surface area contributed by atoms with Gasteiger partial charge in [-0.2, -0.15) is 0 Å². The number of carbonyl (C=O) groups excluding carboxylic acids is 2. The molecule has 0 atom stereocenters. The Morgan fingerprint density at radius 3 is 2.50 bits per heavy atom. The van der Waals surface area contributed by atoms with Crippen LogP contribution in [0.15, 0.2) is 36.4 Å². The van der Waals surface area contributed by atoms with Crippen LogP contribution in [0.3, 0.4) is 0 Å². The van der Waals surface area contributed by atoms with E-state index in [0.717, 1.165) is 24.3 Å². The molecule has 0 bridgehead atoms. The van der Waals surface area contributed by atoms with E-state index < -0.39 is 40.6 Å². The summed E-state index contributed by atoms with van der Waals surface area (Å²) in [5, 5.41) is 15.5. The van der Waals surface area contributed by atoms with Crippen LogP contribution in [0.5, 0.6) is 5.75 Å². The van der Waals surface area contributed by atoms with Gasteiger partial charge in [0.15, 0.2) is 17.4 Å². The number of nitro groups is 1. The Labute approximate surface area is 145 Å². The lowest BCUT2D eigenvalue weighted by molar-refractivity contribution is -0.385. The highest BCUT2D eigenvalue weighted by molar-refractivity contribution is 5.99. The minimum Gasteiger partial charge on any atom is -0.490 e. The highest BCUT2D eigenvalue weighted by Crippen LogP contribution is 2.27. The smallest absolute Gasteiger partial charge is 0.311 e. The minimum absolute atomic E-state index is 0.0115. The molecule has 2 aromatic rings. The maximum absolute atomic E-state index is 13.1. The van der Waals surface area contributed by atoms with Crippen LogP contribution in [0.4, 0.5) is 20.2 Å². The number of benzene rings is 2. The number of nitrogens with one attached hydrogen (secondary N) is 2. The van der Waals surface area contributed by atoms with E-state index in [1.807, 2.05) is 0 Å². The Bertz CT molecular complexity index is 873. The number of ether oxygens (including phenoxy) is 1. The number of rotatable bonds is 6. The summed E-state index contributed by atoms with van der Waals surface area (Å²) in [6.07, 6.45) is 0. The summed E-state index contributed by atoms with van der Waals surface area (Å²) in [6.45, 7) is -0.475. The second-order valence-corrected chi connectivity index (χ2v) is 5.00. The molecule has 0 heterocycles. The zero-order valence-electron chi connectivity index (χ0n) is 13.4. The molecular formula is C16H13F2N3O5. The quantitative estimate of drug-likeness (QED) is 0.603. The van der Waals surface area contributed by atoms with Crippen LogP contribution in [0, 0.1) is 21.7 Å². The van der Waals surface area contributed by atoms with Gasteiger partial charge in [-0.3, -0.25) is 19.7 Å². The van der Waals surface area contributed by atoms with Crippen molar-refractivity contribution in [1.29, 1.82) is 0 Å². The molecule has 0 aromatic heterocycles. The number of halogens is 2. The van der Waals surface area contributed by atoms with E-state index in [9.17, 15) is 28.5 Å². The predicted octanol–water partition coefficient (Wildman–Crippen LogP) is 2.25. The van der Waals surface area contributed by atoms with E-state index in [-0.39, 0.29) is 17.0 Å². The van der Waals surface area contributed by atoms with E-state index in [0.29, 0.717) is 0 Å². The van der Waals surface area contributed by atoms with Crippen molar-refractivity contribution < 1.29 is 28.0 Å². The van der Waals surface area contributed by atoms with E-state index >= 15 is 0 Å². The largest absolute Gasteiger partial charge is 0.490 e. The number of nitro benzene ring substituents is 1. The van der Waals surface area contributed by atoms with E-state index in [1.165, 1.54) is 19.2 Å². The summed E-state index contributed by atoms with van der Waals surface area (Å²) in [5.74, 6) is -3.61. The number of nitrogens with zero attached hydrogens (tertiary/aromatic N) is 1. The van der Waals surface area contributed by atoms with Crippen molar-refractivity contribution >= 4 is 23.2 Å². The molecule has 2 aromatic carbocycles. The molecule has 2 rings (SSSR count). The van der Waals surface area contributed by atoms with Crippen molar-refractivity contribution in [2.45, 2.75) is 0 Å². The first-order valence-electron chi connectivity index (χ1n) is 7.17. The third-order valence-electron chi connectivity index (χ3n) is 3.25. The third kappa shape index (κ3) is 4.50. The Kier molecular flexibility index (Phi) is 5.78. The fraction of sp³-hybridized carbons (Fsp3) is 0.125. The number of hydrogen-bond donors (Lipinski definition) is 2. The van der Waals surface area contributed by atoms with Crippen molar-refractivity contribution in [2.24, 2.45) is 0 Å².